The first kappa shape index (κ1) is 17.5. The molecule has 1 atom stereocenters. The van der Waals surface area contributed by atoms with Crippen LogP contribution in [0.25, 0.3) is 6.08 Å². The van der Waals surface area contributed by atoms with Crippen molar-refractivity contribution in [2.75, 3.05) is 0 Å². The second-order valence-electron chi connectivity index (χ2n) is 5.74. The maximum atomic E-state index is 14.3. The molecular formula is C20H17F2N3O. The molecule has 3 rings (SSSR count). The van der Waals surface area contributed by atoms with Crippen LogP contribution in [0.15, 0.2) is 67.0 Å². The number of amides is 1. The van der Waals surface area contributed by atoms with Crippen LogP contribution in [-0.4, -0.2) is 15.5 Å². The maximum Gasteiger partial charge on any atom is 0.244 e. The molecule has 3 aromatic rings. The number of nitrogens with zero attached hydrogens (tertiary/aromatic N) is 2. The van der Waals surface area contributed by atoms with E-state index in [2.05, 4.69) is 10.3 Å². The molecular weight excluding hydrogens is 336 g/mol. The number of halogens is 2. The highest BCUT2D eigenvalue weighted by Gasteiger charge is 2.22. The van der Waals surface area contributed by atoms with Gasteiger partial charge in [-0.25, -0.2) is 13.8 Å². The zero-order valence-corrected chi connectivity index (χ0v) is 14.1. The Kier molecular flexibility index (Phi) is 5.22. The molecule has 1 amide bonds. The average molecular weight is 353 g/mol. The number of aryl methyl sites for hydroxylation is 1. The van der Waals surface area contributed by atoms with Gasteiger partial charge in [0, 0.05) is 31.1 Å². The molecule has 0 saturated heterocycles. The summed E-state index contributed by atoms with van der Waals surface area (Å²) in [4.78, 5) is 16.6. The summed E-state index contributed by atoms with van der Waals surface area (Å²) in [5, 5.41) is 2.78. The van der Waals surface area contributed by atoms with Crippen molar-refractivity contribution >= 4 is 12.0 Å². The molecule has 26 heavy (non-hydrogen) atoms. The van der Waals surface area contributed by atoms with Crippen LogP contribution in [0, 0.1) is 11.6 Å². The Morgan fingerprint density at radius 2 is 1.88 bits per heavy atom. The largest absolute Gasteiger partial charge is 0.338 e. The van der Waals surface area contributed by atoms with Gasteiger partial charge in [0.05, 0.1) is 0 Å². The lowest BCUT2D eigenvalue weighted by Crippen LogP contribution is -2.30. The van der Waals surface area contributed by atoms with Crippen LogP contribution in [0.1, 0.15) is 23.0 Å². The van der Waals surface area contributed by atoms with E-state index in [0.717, 1.165) is 0 Å². The van der Waals surface area contributed by atoms with E-state index in [1.165, 1.54) is 24.3 Å². The molecule has 6 heteroatoms. The van der Waals surface area contributed by atoms with Crippen LogP contribution < -0.4 is 5.32 Å². The molecule has 4 nitrogen and oxygen atoms in total. The van der Waals surface area contributed by atoms with Crippen molar-refractivity contribution in [3.05, 3.63) is 95.6 Å². The van der Waals surface area contributed by atoms with Crippen LogP contribution in [0.2, 0.25) is 0 Å². The number of hydrogen-bond donors (Lipinski definition) is 1. The number of rotatable bonds is 5. The number of benzene rings is 2. The third-order valence-corrected chi connectivity index (χ3v) is 3.92. The monoisotopic (exact) mass is 353 g/mol. The van der Waals surface area contributed by atoms with Gasteiger partial charge in [0.2, 0.25) is 5.91 Å². The Hall–Kier alpha value is -3.28. The van der Waals surface area contributed by atoms with Gasteiger partial charge in [-0.1, -0.05) is 30.3 Å². The molecule has 0 aliphatic heterocycles. The maximum absolute atomic E-state index is 14.3. The number of carbonyl (C=O) groups is 1. The van der Waals surface area contributed by atoms with E-state index in [1.54, 1.807) is 60.4 Å². The smallest absolute Gasteiger partial charge is 0.244 e. The summed E-state index contributed by atoms with van der Waals surface area (Å²) in [5.74, 6) is -0.673. The second-order valence-corrected chi connectivity index (χ2v) is 5.74. The van der Waals surface area contributed by atoms with Crippen LogP contribution in [-0.2, 0) is 11.8 Å². The molecule has 0 saturated carbocycles. The van der Waals surface area contributed by atoms with Crippen molar-refractivity contribution in [2.24, 2.45) is 7.05 Å². The lowest BCUT2D eigenvalue weighted by molar-refractivity contribution is -0.117. The van der Waals surface area contributed by atoms with Crippen LogP contribution in [0.4, 0.5) is 8.78 Å². The standard InChI is InChI=1S/C20H17F2N3O/c1-25-13-12-23-20(25)19(16-4-2-3-5-17(16)22)24-18(26)11-8-14-6-9-15(21)10-7-14/h2-13,19H,1H3,(H,24,26)/b11-8+. The Bertz CT molecular complexity index is 932. The molecule has 1 aromatic heterocycles. The molecule has 0 spiro atoms. The predicted octanol–water partition coefficient (Wildman–Crippen LogP) is 3.62. The molecule has 0 aliphatic carbocycles. The second kappa shape index (κ2) is 7.74. The number of carbonyl (C=O) groups excluding carboxylic acids is 1. The lowest BCUT2D eigenvalue weighted by Gasteiger charge is -2.18. The summed E-state index contributed by atoms with van der Waals surface area (Å²) in [5.41, 5.74) is 1.01. The third kappa shape index (κ3) is 4.03. The number of nitrogens with one attached hydrogen (secondary N) is 1. The van der Waals surface area contributed by atoms with Crippen molar-refractivity contribution in [3.63, 3.8) is 0 Å². The topological polar surface area (TPSA) is 46.9 Å². The fourth-order valence-electron chi connectivity index (χ4n) is 2.58. The van der Waals surface area contributed by atoms with Gasteiger partial charge >= 0.3 is 0 Å². The molecule has 1 heterocycles. The van der Waals surface area contributed by atoms with E-state index in [-0.39, 0.29) is 5.82 Å². The number of hydrogen-bond acceptors (Lipinski definition) is 2. The van der Waals surface area contributed by atoms with E-state index >= 15 is 0 Å². The highest BCUT2D eigenvalue weighted by molar-refractivity contribution is 5.92. The molecule has 1 N–H and O–H groups in total. The highest BCUT2D eigenvalue weighted by Crippen LogP contribution is 2.23. The van der Waals surface area contributed by atoms with E-state index in [9.17, 15) is 13.6 Å². The molecule has 132 valence electrons. The molecule has 0 bridgehead atoms. The van der Waals surface area contributed by atoms with Gasteiger partial charge < -0.3 is 9.88 Å². The van der Waals surface area contributed by atoms with Crippen molar-refractivity contribution < 1.29 is 13.6 Å². The summed E-state index contributed by atoms with van der Waals surface area (Å²) in [6.07, 6.45) is 6.20. The van der Waals surface area contributed by atoms with E-state index in [0.29, 0.717) is 17.0 Å². The van der Waals surface area contributed by atoms with Gasteiger partial charge in [-0.05, 0) is 29.8 Å². The molecule has 0 radical (unpaired) electrons. The van der Waals surface area contributed by atoms with Gasteiger partial charge in [-0.2, -0.15) is 0 Å². The van der Waals surface area contributed by atoms with Gasteiger partial charge in [-0.3, -0.25) is 4.79 Å². The van der Waals surface area contributed by atoms with Crippen LogP contribution >= 0.6 is 0 Å². The van der Waals surface area contributed by atoms with E-state index < -0.39 is 17.8 Å². The molecule has 2 aromatic carbocycles. The zero-order chi connectivity index (χ0) is 18.5. The fraction of sp³-hybridized carbons (Fsp3) is 0.100. The summed E-state index contributed by atoms with van der Waals surface area (Å²) in [7, 11) is 1.77. The number of imidazole rings is 1. The Balaban J connectivity index is 1.84. The van der Waals surface area contributed by atoms with Gasteiger partial charge in [0.1, 0.15) is 23.5 Å². The first-order chi connectivity index (χ1) is 12.5. The summed E-state index contributed by atoms with van der Waals surface area (Å²) >= 11 is 0. The summed E-state index contributed by atoms with van der Waals surface area (Å²) in [6, 6.07) is 11.3. The Labute approximate surface area is 149 Å². The average Bonchev–Trinajstić information content (AvgIpc) is 3.06. The van der Waals surface area contributed by atoms with Crippen molar-refractivity contribution in [1.29, 1.82) is 0 Å². The Morgan fingerprint density at radius 1 is 1.15 bits per heavy atom. The minimum Gasteiger partial charge on any atom is -0.338 e. The Morgan fingerprint density at radius 3 is 2.54 bits per heavy atom. The normalized spacial score (nSPS) is 12.3. The first-order valence-electron chi connectivity index (χ1n) is 8.00. The van der Waals surface area contributed by atoms with Crippen molar-refractivity contribution in [1.82, 2.24) is 14.9 Å². The van der Waals surface area contributed by atoms with Crippen molar-refractivity contribution in [2.45, 2.75) is 6.04 Å². The quantitative estimate of drug-likeness (QED) is 0.712. The SMILES string of the molecule is Cn1ccnc1C(NC(=O)/C=C/c1ccc(F)cc1)c1ccccc1F. The van der Waals surface area contributed by atoms with Crippen molar-refractivity contribution in [3.8, 4) is 0 Å². The minimum atomic E-state index is -0.735. The van der Waals surface area contributed by atoms with E-state index in [1.807, 2.05) is 0 Å². The lowest BCUT2D eigenvalue weighted by atomic mass is 10.1. The fourth-order valence-corrected chi connectivity index (χ4v) is 2.58. The van der Waals surface area contributed by atoms with Gasteiger partial charge in [0.25, 0.3) is 0 Å². The summed E-state index contributed by atoms with van der Waals surface area (Å²) < 4.78 is 28.9. The third-order valence-electron chi connectivity index (χ3n) is 3.92. The first-order valence-corrected chi connectivity index (χ1v) is 8.00. The highest BCUT2D eigenvalue weighted by atomic mass is 19.1. The molecule has 0 fully saturated rings. The summed E-state index contributed by atoms with van der Waals surface area (Å²) in [6.45, 7) is 0. The number of aromatic nitrogens is 2. The van der Waals surface area contributed by atoms with Crippen LogP contribution in [0.3, 0.4) is 0 Å². The van der Waals surface area contributed by atoms with E-state index in [4.69, 9.17) is 0 Å². The van der Waals surface area contributed by atoms with Crippen LogP contribution in [0.5, 0.6) is 0 Å². The minimum absolute atomic E-state index is 0.324. The zero-order valence-electron chi connectivity index (χ0n) is 14.1. The van der Waals surface area contributed by atoms with Gasteiger partial charge in [-0.15, -0.1) is 0 Å². The van der Waals surface area contributed by atoms with Gasteiger partial charge in [0.15, 0.2) is 0 Å². The predicted molar refractivity (Wildman–Crippen MR) is 95.0 cm³/mol. The molecule has 1 unspecified atom stereocenters. The molecule has 0 aliphatic rings.